The van der Waals surface area contributed by atoms with Crippen LogP contribution in [0.15, 0.2) is 48.5 Å². The third-order valence-electron chi connectivity index (χ3n) is 3.89. The molecule has 1 atom stereocenters. The van der Waals surface area contributed by atoms with Gasteiger partial charge in [-0.2, -0.15) is 4.31 Å². The number of anilines is 1. The summed E-state index contributed by atoms with van der Waals surface area (Å²) in [5.41, 5.74) is 0.877. The summed E-state index contributed by atoms with van der Waals surface area (Å²) in [7, 11) is -1.10. The van der Waals surface area contributed by atoms with E-state index >= 15 is 0 Å². The lowest BCUT2D eigenvalue weighted by atomic mass is 10.1. The predicted molar refractivity (Wildman–Crippen MR) is 103 cm³/mol. The number of carbonyl (C=O) groups is 2. The number of methoxy groups -OCH3 is 1. The van der Waals surface area contributed by atoms with Crippen LogP contribution in [-0.4, -0.2) is 45.0 Å². The lowest BCUT2D eigenvalue weighted by Crippen LogP contribution is -2.38. The molecule has 2 aromatic rings. The Balaban J connectivity index is 2.38. The van der Waals surface area contributed by atoms with Crippen molar-refractivity contribution in [3.8, 4) is 0 Å². The summed E-state index contributed by atoms with van der Waals surface area (Å²) in [4.78, 5) is 24.6. The van der Waals surface area contributed by atoms with E-state index in [1.165, 1.54) is 32.4 Å². The SMILES string of the molecule is COC(=O)c1cc(NC(=O)C(c2ccccc2)N(C)S(C)(=O)=O)ccc1Cl. The van der Waals surface area contributed by atoms with E-state index in [0.29, 0.717) is 5.56 Å². The monoisotopic (exact) mass is 410 g/mol. The third kappa shape index (κ3) is 5.06. The molecule has 0 saturated heterocycles. The van der Waals surface area contributed by atoms with Gasteiger partial charge >= 0.3 is 5.97 Å². The molecule has 0 fully saturated rings. The van der Waals surface area contributed by atoms with Crippen molar-refractivity contribution < 1.29 is 22.7 Å². The number of ether oxygens (including phenoxy) is 1. The Kier molecular flexibility index (Phi) is 6.59. The van der Waals surface area contributed by atoms with Crippen molar-refractivity contribution in [3.05, 3.63) is 64.7 Å². The fourth-order valence-corrected chi connectivity index (χ4v) is 3.23. The number of amides is 1. The van der Waals surface area contributed by atoms with Crippen LogP contribution in [0.25, 0.3) is 0 Å². The molecule has 1 amide bonds. The molecule has 1 unspecified atom stereocenters. The maximum Gasteiger partial charge on any atom is 0.339 e. The summed E-state index contributed by atoms with van der Waals surface area (Å²) in [6.45, 7) is 0. The Bertz CT molecular complexity index is 947. The highest BCUT2D eigenvalue weighted by Gasteiger charge is 2.31. The third-order valence-corrected chi connectivity index (χ3v) is 5.48. The number of hydrogen-bond donors (Lipinski definition) is 1. The lowest BCUT2D eigenvalue weighted by molar-refractivity contribution is -0.119. The van der Waals surface area contributed by atoms with Gasteiger partial charge in [-0.05, 0) is 23.8 Å². The molecule has 0 heterocycles. The van der Waals surface area contributed by atoms with Gasteiger partial charge in [0.15, 0.2) is 0 Å². The average Bonchev–Trinajstić information content (AvgIpc) is 2.63. The van der Waals surface area contributed by atoms with Crippen LogP contribution in [-0.2, 0) is 19.6 Å². The van der Waals surface area contributed by atoms with Crippen LogP contribution >= 0.6 is 11.6 Å². The van der Waals surface area contributed by atoms with Crippen LogP contribution in [0.2, 0.25) is 5.02 Å². The molecule has 2 aromatic carbocycles. The number of carbonyl (C=O) groups excluding carboxylic acids is 2. The zero-order valence-electron chi connectivity index (χ0n) is 15.0. The molecule has 2 rings (SSSR count). The number of sulfonamides is 1. The molecule has 0 radical (unpaired) electrons. The lowest BCUT2D eigenvalue weighted by Gasteiger charge is -2.25. The largest absolute Gasteiger partial charge is 0.465 e. The number of halogens is 1. The summed E-state index contributed by atoms with van der Waals surface area (Å²) in [5.74, 6) is -1.23. The van der Waals surface area contributed by atoms with E-state index < -0.39 is 27.9 Å². The fourth-order valence-electron chi connectivity index (χ4n) is 2.43. The Morgan fingerprint density at radius 2 is 1.78 bits per heavy atom. The first-order valence-corrected chi connectivity index (χ1v) is 10.0. The Hall–Kier alpha value is -2.42. The molecule has 0 aliphatic heterocycles. The molecule has 0 aromatic heterocycles. The van der Waals surface area contributed by atoms with Crippen molar-refractivity contribution in [1.82, 2.24) is 4.31 Å². The molecule has 7 nitrogen and oxygen atoms in total. The Labute approximate surface area is 162 Å². The average molecular weight is 411 g/mol. The summed E-state index contributed by atoms with van der Waals surface area (Å²) >= 11 is 5.97. The summed E-state index contributed by atoms with van der Waals surface area (Å²) in [6, 6.07) is 11.7. The minimum atomic E-state index is -3.64. The minimum Gasteiger partial charge on any atom is -0.465 e. The van der Waals surface area contributed by atoms with Crippen LogP contribution in [0, 0.1) is 0 Å². The molecular formula is C18H19ClN2O5S. The number of nitrogens with zero attached hydrogens (tertiary/aromatic N) is 1. The van der Waals surface area contributed by atoms with Gasteiger partial charge in [0, 0.05) is 12.7 Å². The molecule has 0 aliphatic carbocycles. The Morgan fingerprint density at radius 3 is 2.33 bits per heavy atom. The Morgan fingerprint density at radius 1 is 1.15 bits per heavy atom. The second-order valence-corrected chi connectivity index (χ2v) is 8.22. The van der Waals surface area contributed by atoms with Gasteiger partial charge in [0.05, 0.1) is 24.0 Å². The van der Waals surface area contributed by atoms with Gasteiger partial charge in [-0.3, -0.25) is 4.79 Å². The quantitative estimate of drug-likeness (QED) is 0.739. The second-order valence-electron chi connectivity index (χ2n) is 5.77. The van der Waals surface area contributed by atoms with Crippen molar-refractivity contribution in [2.24, 2.45) is 0 Å². The summed E-state index contributed by atoms with van der Waals surface area (Å²) < 4.78 is 29.6. The number of likely N-dealkylation sites (N-methyl/N-ethyl adjacent to an activating group) is 1. The van der Waals surface area contributed by atoms with Gasteiger partial charge in [0.1, 0.15) is 6.04 Å². The van der Waals surface area contributed by atoms with Gasteiger partial charge in [0.2, 0.25) is 15.9 Å². The number of nitrogens with one attached hydrogen (secondary N) is 1. The standard InChI is InChI=1S/C18H19ClN2O5S/c1-21(27(3,24)25)16(12-7-5-4-6-8-12)17(22)20-13-9-10-15(19)14(11-13)18(23)26-2/h4-11,16H,1-3H3,(H,20,22). The van der Waals surface area contributed by atoms with Crippen molar-refractivity contribution in [1.29, 1.82) is 0 Å². The zero-order chi connectivity index (χ0) is 20.2. The first kappa shape index (κ1) is 20.9. The maximum absolute atomic E-state index is 12.9. The smallest absolute Gasteiger partial charge is 0.339 e. The molecule has 0 aliphatic rings. The first-order valence-electron chi connectivity index (χ1n) is 7.82. The van der Waals surface area contributed by atoms with Gasteiger partial charge in [-0.1, -0.05) is 41.9 Å². The molecule has 9 heteroatoms. The zero-order valence-corrected chi connectivity index (χ0v) is 16.5. The molecule has 0 saturated carbocycles. The second kappa shape index (κ2) is 8.51. The summed E-state index contributed by atoms with van der Waals surface area (Å²) in [6.07, 6.45) is 1.02. The molecule has 1 N–H and O–H groups in total. The molecule has 0 bridgehead atoms. The summed E-state index contributed by atoms with van der Waals surface area (Å²) in [5, 5.41) is 2.80. The number of rotatable bonds is 6. The first-order chi connectivity index (χ1) is 12.6. The van der Waals surface area contributed by atoms with Crippen molar-refractivity contribution in [2.75, 3.05) is 25.7 Å². The van der Waals surface area contributed by atoms with Crippen LogP contribution < -0.4 is 5.32 Å². The van der Waals surface area contributed by atoms with E-state index in [2.05, 4.69) is 10.1 Å². The van der Waals surface area contributed by atoms with Gasteiger partial charge in [-0.25, -0.2) is 13.2 Å². The number of benzene rings is 2. The van der Waals surface area contributed by atoms with E-state index in [4.69, 9.17) is 11.6 Å². The van der Waals surface area contributed by atoms with E-state index in [1.807, 2.05) is 0 Å². The van der Waals surface area contributed by atoms with Crippen molar-refractivity contribution >= 4 is 39.2 Å². The van der Waals surface area contributed by atoms with Gasteiger partial charge in [-0.15, -0.1) is 0 Å². The van der Waals surface area contributed by atoms with Crippen LogP contribution in [0.5, 0.6) is 0 Å². The highest BCUT2D eigenvalue weighted by Crippen LogP contribution is 2.26. The van der Waals surface area contributed by atoms with Crippen LogP contribution in [0.1, 0.15) is 22.0 Å². The van der Waals surface area contributed by atoms with Gasteiger partial charge < -0.3 is 10.1 Å². The molecular weight excluding hydrogens is 392 g/mol. The van der Waals surface area contributed by atoms with Crippen LogP contribution in [0.3, 0.4) is 0 Å². The molecule has 144 valence electrons. The fraction of sp³-hybridized carbons (Fsp3) is 0.222. The van der Waals surface area contributed by atoms with E-state index in [0.717, 1.165) is 10.6 Å². The predicted octanol–water partition coefficient (Wildman–Crippen LogP) is 2.70. The topological polar surface area (TPSA) is 92.8 Å². The van der Waals surface area contributed by atoms with E-state index in [9.17, 15) is 18.0 Å². The van der Waals surface area contributed by atoms with Crippen molar-refractivity contribution in [2.45, 2.75) is 6.04 Å². The minimum absolute atomic E-state index is 0.0877. The number of esters is 1. The van der Waals surface area contributed by atoms with Gasteiger partial charge in [0.25, 0.3) is 0 Å². The van der Waals surface area contributed by atoms with Crippen LogP contribution in [0.4, 0.5) is 5.69 Å². The molecule has 27 heavy (non-hydrogen) atoms. The number of hydrogen-bond acceptors (Lipinski definition) is 5. The highest BCUT2D eigenvalue weighted by atomic mass is 35.5. The van der Waals surface area contributed by atoms with E-state index in [1.54, 1.807) is 30.3 Å². The highest BCUT2D eigenvalue weighted by molar-refractivity contribution is 7.88. The normalized spacial score (nSPS) is 12.5. The maximum atomic E-state index is 12.9. The van der Waals surface area contributed by atoms with E-state index in [-0.39, 0.29) is 16.3 Å². The van der Waals surface area contributed by atoms with Crippen molar-refractivity contribution in [3.63, 3.8) is 0 Å². The molecule has 0 spiro atoms.